The topological polar surface area (TPSA) is 0 Å². The average molecular weight is 418 g/mol. The van der Waals surface area contributed by atoms with Crippen LogP contribution >= 0.6 is 32.4 Å². The van der Waals surface area contributed by atoms with Crippen LogP contribution in [0.25, 0.3) is 0 Å². The Morgan fingerprint density at radius 3 is 1.29 bits per heavy atom. The summed E-state index contributed by atoms with van der Waals surface area (Å²) in [7, 11) is 0. The van der Waals surface area contributed by atoms with Crippen molar-refractivity contribution in [1.82, 2.24) is 0 Å². The molecule has 0 atom stereocenters. The van der Waals surface area contributed by atoms with Gasteiger partial charge in [0.15, 0.2) is 0 Å². The summed E-state index contributed by atoms with van der Waals surface area (Å²) in [5.41, 5.74) is 0. The first-order chi connectivity index (χ1) is 11.7. The standard InChI is InChI=1S/C21H19BrClP/c22-24(18-10-17-23,19-11-4-1-5-12-19,20-13-6-2-7-14-20)21-15-8-3-9-16-21/h1-16,18H,17H2. The first kappa shape index (κ1) is 17.4. The van der Waals surface area contributed by atoms with Gasteiger partial charge in [0.05, 0.1) is 0 Å². The van der Waals surface area contributed by atoms with E-state index in [4.69, 9.17) is 11.6 Å². The number of hydrogen-bond acceptors (Lipinski definition) is 0. The molecule has 0 aliphatic carbocycles. The van der Waals surface area contributed by atoms with Gasteiger partial charge in [-0.1, -0.05) is 0 Å². The van der Waals surface area contributed by atoms with E-state index in [-0.39, 0.29) is 0 Å². The SMILES string of the molecule is ClCC=CP(Br)(c1ccccc1)(c1ccccc1)c1ccccc1. The van der Waals surface area contributed by atoms with E-state index in [0.29, 0.717) is 5.88 Å². The summed E-state index contributed by atoms with van der Waals surface area (Å²) in [5, 5.41) is 0.893. The van der Waals surface area contributed by atoms with Crippen molar-refractivity contribution in [2.75, 3.05) is 5.88 Å². The molecular formula is C21H19BrClP. The van der Waals surface area contributed by atoms with Gasteiger partial charge in [0.25, 0.3) is 0 Å². The zero-order valence-electron chi connectivity index (χ0n) is 13.2. The minimum absolute atomic E-state index is 0.482. The van der Waals surface area contributed by atoms with Crippen LogP contribution in [0.15, 0.2) is 103 Å². The summed E-state index contributed by atoms with van der Waals surface area (Å²) >= 11 is 10.3. The summed E-state index contributed by atoms with van der Waals surface area (Å²) in [6, 6.07) is 31.9. The summed E-state index contributed by atoms with van der Waals surface area (Å²) in [4.78, 5) is 0. The second-order valence-corrected chi connectivity index (χ2v) is 14.3. The van der Waals surface area contributed by atoms with Crippen molar-refractivity contribution in [3.05, 3.63) is 103 Å². The molecule has 0 saturated heterocycles. The number of hydrogen-bond donors (Lipinski definition) is 0. The fraction of sp³-hybridized carbons (Fsp3) is 0.0476. The van der Waals surface area contributed by atoms with Gasteiger partial charge in [0.2, 0.25) is 0 Å². The Labute approximate surface area is 156 Å². The van der Waals surface area contributed by atoms with E-state index < -0.39 is 5.31 Å². The van der Waals surface area contributed by atoms with Crippen molar-refractivity contribution in [3.8, 4) is 0 Å². The molecule has 0 unspecified atom stereocenters. The van der Waals surface area contributed by atoms with Crippen molar-refractivity contribution < 1.29 is 0 Å². The molecule has 24 heavy (non-hydrogen) atoms. The predicted octanol–water partition coefficient (Wildman–Crippen LogP) is 5.58. The molecule has 0 spiro atoms. The van der Waals surface area contributed by atoms with E-state index in [9.17, 15) is 0 Å². The fourth-order valence-corrected chi connectivity index (χ4v) is 10.1. The van der Waals surface area contributed by atoms with Crippen molar-refractivity contribution >= 4 is 48.3 Å². The van der Waals surface area contributed by atoms with Crippen LogP contribution in [-0.4, -0.2) is 5.88 Å². The van der Waals surface area contributed by atoms with Crippen LogP contribution in [0.4, 0.5) is 0 Å². The molecule has 0 amide bonds. The summed E-state index contributed by atoms with van der Waals surface area (Å²) in [6.45, 7) is 0. The Bertz CT molecular complexity index is 717. The molecule has 0 radical (unpaired) electrons. The van der Waals surface area contributed by atoms with Gasteiger partial charge < -0.3 is 0 Å². The molecule has 3 aromatic rings. The first-order valence-electron chi connectivity index (χ1n) is 7.84. The molecule has 0 aliphatic heterocycles. The van der Waals surface area contributed by atoms with E-state index in [2.05, 4.69) is 118 Å². The summed E-state index contributed by atoms with van der Waals surface area (Å²) in [6.07, 6.45) is 2.06. The van der Waals surface area contributed by atoms with Gasteiger partial charge in [0, 0.05) is 0 Å². The van der Waals surface area contributed by atoms with Crippen molar-refractivity contribution in [3.63, 3.8) is 0 Å². The second-order valence-electron chi connectivity index (χ2n) is 5.62. The van der Waals surface area contributed by atoms with Crippen LogP contribution in [0, 0.1) is 0 Å². The second kappa shape index (κ2) is 7.23. The van der Waals surface area contributed by atoms with Gasteiger partial charge >= 0.3 is 157 Å². The van der Waals surface area contributed by atoms with Crippen LogP contribution in [0.1, 0.15) is 0 Å². The molecule has 0 fully saturated rings. The fourth-order valence-electron chi connectivity index (χ4n) is 3.10. The van der Waals surface area contributed by atoms with E-state index in [1.807, 2.05) is 0 Å². The third kappa shape index (κ3) is 2.86. The molecule has 122 valence electrons. The zero-order chi connectivity index (χ0) is 16.9. The van der Waals surface area contributed by atoms with Crippen molar-refractivity contribution in [1.29, 1.82) is 0 Å². The van der Waals surface area contributed by atoms with Crippen molar-refractivity contribution in [2.45, 2.75) is 0 Å². The Morgan fingerprint density at radius 1 is 0.667 bits per heavy atom. The van der Waals surface area contributed by atoms with Crippen LogP contribution < -0.4 is 15.9 Å². The van der Waals surface area contributed by atoms with Crippen molar-refractivity contribution in [2.24, 2.45) is 0 Å². The number of halogens is 2. The maximum absolute atomic E-state index is 6.05. The number of benzene rings is 3. The molecular weight excluding hydrogens is 399 g/mol. The average Bonchev–Trinajstić information content (AvgIpc) is 2.68. The quantitative estimate of drug-likeness (QED) is 0.375. The Morgan fingerprint density at radius 2 is 1.00 bits per heavy atom. The van der Waals surface area contributed by atoms with Gasteiger partial charge in [0.1, 0.15) is 0 Å². The number of allylic oxidation sites excluding steroid dienone is 1. The van der Waals surface area contributed by atoms with Gasteiger partial charge in [-0.05, 0) is 0 Å². The summed E-state index contributed by atoms with van der Waals surface area (Å²) in [5.74, 6) is 2.77. The van der Waals surface area contributed by atoms with Crippen LogP contribution in [-0.2, 0) is 0 Å². The number of alkyl halides is 1. The van der Waals surface area contributed by atoms with E-state index in [1.165, 1.54) is 15.9 Å². The van der Waals surface area contributed by atoms with Gasteiger partial charge in [-0.25, -0.2) is 0 Å². The maximum atomic E-state index is 6.05. The minimum atomic E-state index is -2.90. The van der Waals surface area contributed by atoms with Crippen LogP contribution in [0.3, 0.4) is 0 Å². The molecule has 0 heterocycles. The number of rotatable bonds is 5. The Hall–Kier alpha value is -1.40. The monoisotopic (exact) mass is 416 g/mol. The molecule has 0 aliphatic rings. The molecule has 3 heteroatoms. The normalized spacial score (nSPS) is 13.5. The molecule has 3 aromatic carbocycles. The molecule has 0 aromatic heterocycles. The molecule has 0 saturated carbocycles. The molecule has 0 bridgehead atoms. The van der Waals surface area contributed by atoms with E-state index >= 15 is 0 Å². The van der Waals surface area contributed by atoms with Gasteiger partial charge in [-0.3, -0.25) is 0 Å². The van der Waals surface area contributed by atoms with Gasteiger partial charge in [-0.15, -0.1) is 0 Å². The third-order valence-corrected chi connectivity index (χ3v) is 13.5. The Kier molecular flexibility index (Phi) is 5.25. The van der Waals surface area contributed by atoms with Crippen LogP contribution in [0.2, 0.25) is 0 Å². The zero-order valence-corrected chi connectivity index (χ0v) is 16.5. The van der Waals surface area contributed by atoms with Crippen LogP contribution in [0.5, 0.6) is 0 Å². The molecule has 3 rings (SSSR count). The van der Waals surface area contributed by atoms with E-state index in [0.717, 1.165) is 0 Å². The summed E-state index contributed by atoms with van der Waals surface area (Å²) < 4.78 is 0. The molecule has 0 N–H and O–H groups in total. The third-order valence-electron chi connectivity index (χ3n) is 4.26. The predicted molar refractivity (Wildman–Crippen MR) is 114 cm³/mol. The van der Waals surface area contributed by atoms with E-state index in [1.54, 1.807) is 0 Å². The molecule has 0 nitrogen and oxygen atoms in total. The Balaban J connectivity index is 2.45. The first-order valence-corrected chi connectivity index (χ1v) is 12.7. The van der Waals surface area contributed by atoms with Gasteiger partial charge in [-0.2, -0.15) is 0 Å².